The molecule has 0 bridgehead atoms. The number of aliphatic hydroxyl groups is 1. The van der Waals surface area contributed by atoms with Gasteiger partial charge in [-0.05, 0) is 18.2 Å². The lowest BCUT2D eigenvalue weighted by atomic mass is 10.2. The standard InChI is InChI=1S/C14H22ClNO3/c1-11(9-17)10-19-14-4-3-13(15)7-12(14)8-16-5-6-18-2/h3-4,7,11,16-17H,5-6,8-10H2,1-2H3. The second-order valence-electron chi connectivity index (χ2n) is 4.52. The number of methoxy groups -OCH3 is 1. The molecule has 5 heteroatoms. The lowest BCUT2D eigenvalue weighted by Gasteiger charge is -2.15. The fourth-order valence-electron chi connectivity index (χ4n) is 1.51. The van der Waals surface area contributed by atoms with Gasteiger partial charge in [-0.25, -0.2) is 0 Å². The Balaban J connectivity index is 2.58. The van der Waals surface area contributed by atoms with Gasteiger partial charge >= 0.3 is 0 Å². The third-order valence-electron chi connectivity index (χ3n) is 2.66. The summed E-state index contributed by atoms with van der Waals surface area (Å²) in [7, 11) is 1.67. The number of ether oxygens (including phenoxy) is 2. The van der Waals surface area contributed by atoms with Crippen LogP contribution in [0.4, 0.5) is 0 Å². The minimum Gasteiger partial charge on any atom is -0.493 e. The number of nitrogens with one attached hydrogen (secondary N) is 1. The number of halogens is 1. The molecule has 0 aliphatic carbocycles. The molecule has 0 aliphatic heterocycles. The van der Waals surface area contributed by atoms with Crippen molar-refractivity contribution in [3.05, 3.63) is 28.8 Å². The SMILES string of the molecule is COCCNCc1cc(Cl)ccc1OCC(C)CO. The van der Waals surface area contributed by atoms with Crippen molar-refractivity contribution >= 4 is 11.6 Å². The van der Waals surface area contributed by atoms with E-state index in [1.165, 1.54) is 0 Å². The first kappa shape index (κ1) is 16.2. The molecule has 1 aromatic rings. The molecule has 0 radical (unpaired) electrons. The highest BCUT2D eigenvalue weighted by Gasteiger charge is 2.07. The van der Waals surface area contributed by atoms with Crippen molar-refractivity contribution in [1.29, 1.82) is 0 Å². The topological polar surface area (TPSA) is 50.7 Å². The maximum absolute atomic E-state index is 9.00. The molecule has 0 saturated carbocycles. The van der Waals surface area contributed by atoms with Gasteiger partial charge in [-0.2, -0.15) is 0 Å². The molecule has 0 saturated heterocycles. The average molecular weight is 288 g/mol. The number of hydrogen-bond acceptors (Lipinski definition) is 4. The molecular weight excluding hydrogens is 266 g/mol. The first-order valence-electron chi connectivity index (χ1n) is 6.39. The summed E-state index contributed by atoms with van der Waals surface area (Å²) in [4.78, 5) is 0. The van der Waals surface area contributed by atoms with E-state index in [0.717, 1.165) is 17.9 Å². The second kappa shape index (κ2) is 9.15. The van der Waals surface area contributed by atoms with Gasteiger partial charge in [0.15, 0.2) is 0 Å². The van der Waals surface area contributed by atoms with Gasteiger partial charge in [0, 0.05) is 43.3 Å². The summed E-state index contributed by atoms with van der Waals surface area (Å²) in [6.07, 6.45) is 0. The Hall–Kier alpha value is -0.810. The molecule has 0 fully saturated rings. The van der Waals surface area contributed by atoms with Crippen molar-refractivity contribution in [3.8, 4) is 5.75 Å². The Morgan fingerprint density at radius 3 is 2.89 bits per heavy atom. The van der Waals surface area contributed by atoms with E-state index < -0.39 is 0 Å². The third-order valence-corrected chi connectivity index (χ3v) is 2.89. The Labute approximate surface area is 119 Å². The van der Waals surface area contributed by atoms with E-state index >= 15 is 0 Å². The molecule has 1 atom stereocenters. The predicted molar refractivity (Wildman–Crippen MR) is 76.8 cm³/mol. The van der Waals surface area contributed by atoms with E-state index in [1.54, 1.807) is 13.2 Å². The number of aliphatic hydroxyl groups excluding tert-OH is 1. The van der Waals surface area contributed by atoms with Crippen LogP contribution in [-0.4, -0.2) is 38.6 Å². The van der Waals surface area contributed by atoms with E-state index in [4.69, 9.17) is 26.2 Å². The lowest BCUT2D eigenvalue weighted by Crippen LogP contribution is -2.19. The third kappa shape index (κ3) is 6.25. The van der Waals surface area contributed by atoms with Crippen molar-refractivity contribution in [2.24, 2.45) is 5.92 Å². The molecule has 0 aromatic heterocycles. The largest absolute Gasteiger partial charge is 0.493 e. The van der Waals surface area contributed by atoms with Crippen LogP contribution in [0.2, 0.25) is 5.02 Å². The maximum atomic E-state index is 9.00. The zero-order valence-corrected chi connectivity index (χ0v) is 12.2. The highest BCUT2D eigenvalue weighted by molar-refractivity contribution is 6.30. The van der Waals surface area contributed by atoms with Crippen LogP contribution in [0.15, 0.2) is 18.2 Å². The Kier molecular flexibility index (Phi) is 7.82. The summed E-state index contributed by atoms with van der Waals surface area (Å²) < 4.78 is 10.7. The second-order valence-corrected chi connectivity index (χ2v) is 4.96. The van der Waals surface area contributed by atoms with Gasteiger partial charge in [0.1, 0.15) is 5.75 Å². The van der Waals surface area contributed by atoms with Crippen molar-refractivity contribution in [2.45, 2.75) is 13.5 Å². The van der Waals surface area contributed by atoms with Gasteiger partial charge < -0.3 is 19.9 Å². The van der Waals surface area contributed by atoms with Crippen LogP contribution in [0, 0.1) is 5.92 Å². The molecule has 0 spiro atoms. The smallest absolute Gasteiger partial charge is 0.123 e. The fourth-order valence-corrected chi connectivity index (χ4v) is 1.70. The van der Waals surface area contributed by atoms with E-state index in [1.807, 2.05) is 19.1 Å². The van der Waals surface area contributed by atoms with Gasteiger partial charge in [-0.15, -0.1) is 0 Å². The molecule has 1 rings (SSSR count). The number of rotatable bonds is 9. The van der Waals surface area contributed by atoms with Crippen molar-refractivity contribution in [1.82, 2.24) is 5.32 Å². The molecular formula is C14H22ClNO3. The van der Waals surface area contributed by atoms with Crippen LogP contribution in [0.3, 0.4) is 0 Å². The van der Waals surface area contributed by atoms with E-state index in [2.05, 4.69) is 5.32 Å². The average Bonchev–Trinajstić information content (AvgIpc) is 2.42. The summed E-state index contributed by atoms with van der Waals surface area (Å²) in [5.74, 6) is 0.916. The summed E-state index contributed by atoms with van der Waals surface area (Å²) in [6, 6.07) is 5.55. The summed E-state index contributed by atoms with van der Waals surface area (Å²) in [5.41, 5.74) is 1.01. The molecule has 0 amide bonds. The van der Waals surface area contributed by atoms with Crippen molar-refractivity contribution in [2.75, 3.05) is 33.5 Å². The maximum Gasteiger partial charge on any atom is 0.123 e. The van der Waals surface area contributed by atoms with E-state index in [0.29, 0.717) is 24.8 Å². The van der Waals surface area contributed by atoms with Gasteiger partial charge in [0.05, 0.1) is 13.2 Å². The summed E-state index contributed by atoms with van der Waals surface area (Å²) in [5, 5.41) is 12.9. The number of hydrogen-bond donors (Lipinski definition) is 2. The fraction of sp³-hybridized carbons (Fsp3) is 0.571. The predicted octanol–water partition coefficient (Wildman–Crippen LogP) is 2.08. The molecule has 1 unspecified atom stereocenters. The molecule has 1 aromatic carbocycles. The molecule has 19 heavy (non-hydrogen) atoms. The summed E-state index contributed by atoms with van der Waals surface area (Å²) in [6.45, 7) is 4.66. The minimum absolute atomic E-state index is 0.116. The van der Waals surface area contributed by atoms with Gasteiger partial charge in [0.25, 0.3) is 0 Å². The normalized spacial score (nSPS) is 12.4. The molecule has 4 nitrogen and oxygen atoms in total. The van der Waals surface area contributed by atoms with Crippen LogP contribution in [0.1, 0.15) is 12.5 Å². The highest BCUT2D eigenvalue weighted by atomic mass is 35.5. The lowest BCUT2D eigenvalue weighted by molar-refractivity contribution is 0.173. The zero-order chi connectivity index (χ0) is 14.1. The Morgan fingerprint density at radius 1 is 1.42 bits per heavy atom. The highest BCUT2D eigenvalue weighted by Crippen LogP contribution is 2.23. The van der Waals surface area contributed by atoms with Crippen LogP contribution in [-0.2, 0) is 11.3 Å². The van der Waals surface area contributed by atoms with Gasteiger partial charge in [-0.1, -0.05) is 18.5 Å². The monoisotopic (exact) mass is 287 g/mol. The van der Waals surface area contributed by atoms with Crippen LogP contribution < -0.4 is 10.1 Å². The van der Waals surface area contributed by atoms with Crippen molar-refractivity contribution < 1.29 is 14.6 Å². The van der Waals surface area contributed by atoms with E-state index in [9.17, 15) is 0 Å². The molecule has 0 aliphatic rings. The molecule has 2 N–H and O–H groups in total. The zero-order valence-electron chi connectivity index (χ0n) is 11.5. The first-order valence-corrected chi connectivity index (χ1v) is 6.77. The summed E-state index contributed by atoms with van der Waals surface area (Å²) >= 11 is 6.00. The quantitative estimate of drug-likeness (QED) is 0.683. The Bertz CT molecular complexity index is 374. The van der Waals surface area contributed by atoms with Crippen LogP contribution >= 0.6 is 11.6 Å². The molecule has 108 valence electrons. The van der Waals surface area contributed by atoms with Gasteiger partial charge in [0.2, 0.25) is 0 Å². The van der Waals surface area contributed by atoms with Gasteiger partial charge in [-0.3, -0.25) is 0 Å². The number of benzene rings is 1. The van der Waals surface area contributed by atoms with Crippen LogP contribution in [0.5, 0.6) is 5.75 Å². The van der Waals surface area contributed by atoms with Crippen molar-refractivity contribution in [3.63, 3.8) is 0 Å². The molecule has 0 heterocycles. The van der Waals surface area contributed by atoms with Crippen LogP contribution in [0.25, 0.3) is 0 Å². The van der Waals surface area contributed by atoms with E-state index in [-0.39, 0.29) is 12.5 Å². The first-order chi connectivity index (χ1) is 9.17. The Morgan fingerprint density at radius 2 is 2.21 bits per heavy atom. The minimum atomic E-state index is 0.116.